The van der Waals surface area contributed by atoms with E-state index in [1.807, 2.05) is 12.1 Å². The van der Waals surface area contributed by atoms with E-state index in [-0.39, 0.29) is 0 Å². The molecule has 0 aliphatic carbocycles. The molecule has 1 heterocycles. The first-order valence-corrected chi connectivity index (χ1v) is 7.05. The van der Waals surface area contributed by atoms with E-state index in [9.17, 15) is 0 Å². The second kappa shape index (κ2) is 5.60. The SMILES string of the molecule is CC(C)(C)N1CCN(Cc2ccc(Cl)cc2)CC1. The Morgan fingerprint density at radius 2 is 1.56 bits per heavy atom. The van der Waals surface area contributed by atoms with Gasteiger partial charge in [0.1, 0.15) is 0 Å². The van der Waals surface area contributed by atoms with Gasteiger partial charge in [0.15, 0.2) is 0 Å². The lowest BCUT2D eigenvalue weighted by Gasteiger charge is -2.42. The Hall–Kier alpha value is -0.570. The Morgan fingerprint density at radius 1 is 1.00 bits per heavy atom. The summed E-state index contributed by atoms with van der Waals surface area (Å²) in [6, 6.07) is 8.20. The molecule has 0 bridgehead atoms. The van der Waals surface area contributed by atoms with Crippen molar-refractivity contribution in [1.82, 2.24) is 9.80 Å². The highest BCUT2D eigenvalue weighted by atomic mass is 35.5. The molecule has 0 N–H and O–H groups in total. The van der Waals surface area contributed by atoms with Crippen LogP contribution >= 0.6 is 11.6 Å². The summed E-state index contributed by atoms with van der Waals surface area (Å²) in [6.45, 7) is 12.6. The molecule has 3 heteroatoms. The van der Waals surface area contributed by atoms with E-state index in [1.165, 1.54) is 5.56 Å². The third-order valence-corrected chi connectivity index (χ3v) is 3.89. The monoisotopic (exact) mass is 266 g/mol. The second-order valence-electron chi connectivity index (χ2n) is 6.06. The molecule has 1 fully saturated rings. The predicted molar refractivity (Wildman–Crippen MR) is 78.1 cm³/mol. The average molecular weight is 267 g/mol. The Bertz CT molecular complexity index is 372. The summed E-state index contributed by atoms with van der Waals surface area (Å²) in [5.41, 5.74) is 1.65. The molecule has 1 aliphatic rings. The van der Waals surface area contributed by atoms with E-state index in [4.69, 9.17) is 11.6 Å². The molecule has 0 spiro atoms. The normalized spacial score (nSPS) is 19.1. The van der Waals surface area contributed by atoms with Crippen molar-refractivity contribution < 1.29 is 0 Å². The summed E-state index contributed by atoms with van der Waals surface area (Å²) in [4.78, 5) is 5.08. The van der Waals surface area contributed by atoms with Crippen molar-refractivity contribution in [1.29, 1.82) is 0 Å². The van der Waals surface area contributed by atoms with Gasteiger partial charge in [-0.1, -0.05) is 23.7 Å². The first-order valence-electron chi connectivity index (χ1n) is 6.67. The number of hydrogen-bond donors (Lipinski definition) is 0. The largest absolute Gasteiger partial charge is 0.297 e. The van der Waals surface area contributed by atoms with Gasteiger partial charge >= 0.3 is 0 Å². The Labute approximate surface area is 116 Å². The van der Waals surface area contributed by atoms with Crippen molar-refractivity contribution in [2.45, 2.75) is 32.9 Å². The van der Waals surface area contributed by atoms with E-state index >= 15 is 0 Å². The molecular formula is C15H23ClN2. The Kier molecular flexibility index (Phi) is 4.31. The van der Waals surface area contributed by atoms with Gasteiger partial charge in [-0.2, -0.15) is 0 Å². The van der Waals surface area contributed by atoms with Gasteiger partial charge < -0.3 is 0 Å². The third-order valence-electron chi connectivity index (χ3n) is 3.64. The fourth-order valence-electron chi connectivity index (χ4n) is 2.42. The van der Waals surface area contributed by atoms with Crippen molar-refractivity contribution in [2.75, 3.05) is 26.2 Å². The first-order chi connectivity index (χ1) is 8.45. The molecule has 18 heavy (non-hydrogen) atoms. The van der Waals surface area contributed by atoms with Crippen LogP contribution in [0.15, 0.2) is 24.3 Å². The van der Waals surface area contributed by atoms with E-state index in [0.29, 0.717) is 5.54 Å². The van der Waals surface area contributed by atoms with Gasteiger partial charge in [0.2, 0.25) is 0 Å². The van der Waals surface area contributed by atoms with Crippen LogP contribution in [0.1, 0.15) is 26.3 Å². The number of piperazine rings is 1. The highest BCUT2D eigenvalue weighted by Gasteiger charge is 2.25. The van der Waals surface area contributed by atoms with Crippen LogP contribution in [0.2, 0.25) is 5.02 Å². The van der Waals surface area contributed by atoms with Crippen LogP contribution in [0.3, 0.4) is 0 Å². The van der Waals surface area contributed by atoms with Crippen LogP contribution in [0.4, 0.5) is 0 Å². The quantitative estimate of drug-likeness (QED) is 0.811. The summed E-state index contributed by atoms with van der Waals surface area (Å²) in [6.07, 6.45) is 0. The number of benzene rings is 1. The van der Waals surface area contributed by atoms with Crippen LogP contribution in [0, 0.1) is 0 Å². The minimum absolute atomic E-state index is 0.298. The average Bonchev–Trinajstić information content (AvgIpc) is 2.32. The lowest BCUT2D eigenvalue weighted by atomic mass is 10.0. The third kappa shape index (κ3) is 3.71. The molecular weight excluding hydrogens is 244 g/mol. The van der Waals surface area contributed by atoms with Crippen LogP contribution in [0.5, 0.6) is 0 Å². The Balaban J connectivity index is 1.85. The van der Waals surface area contributed by atoms with Crippen LogP contribution in [-0.2, 0) is 6.54 Å². The second-order valence-corrected chi connectivity index (χ2v) is 6.50. The van der Waals surface area contributed by atoms with Gasteiger partial charge in [0, 0.05) is 43.3 Å². The maximum atomic E-state index is 5.90. The summed E-state index contributed by atoms with van der Waals surface area (Å²) >= 11 is 5.90. The lowest BCUT2D eigenvalue weighted by Crippen LogP contribution is -2.53. The fraction of sp³-hybridized carbons (Fsp3) is 0.600. The maximum absolute atomic E-state index is 5.90. The molecule has 2 rings (SSSR count). The van der Waals surface area contributed by atoms with E-state index in [2.05, 4.69) is 42.7 Å². The van der Waals surface area contributed by atoms with Crippen molar-refractivity contribution in [3.63, 3.8) is 0 Å². The zero-order chi connectivity index (χ0) is 13.2. The zero-order valence-corrected chi connectivity index (χ0v) is 12.4. The fourth-order valence-corrected chi connectivity index (χ4v) is 2.55. The molecule has 1 aromatic carbocycles. The molecule has 0 atom stereocenters. The van der Waals surface area contributed by atoms with Gasteiger partial charge in [-0.15, -0.1) is 0 Å². The van der Waals surface area contributed by atoms with Gasteiger partial charge in [-0.3, -0.25) is 9.80 Å². The topological polar surface area (TPSA) is 6.48 Å². The Morgan fingerprint density at radius 3 is 2.06 bits per heavy atom. The minimum atomic E-state index is 0.298. The smallest absolute Gasteiger partial charge is 0.0406 e. The van der Waals surface area contributed by atoms with Crippen LogP contribution in [0.25, 0.3) is 0 Å². The van der Waals surface area contributed by atoms with Gasteiger partial charge in [0.05, 0.1) is 0 Å². The van der Waals surface area contributed by atoms with Crippen LogP contribution in [-0.4, -0.2) is 41.5 Å². The van der Waals surface area contributed by atoms with Crippen molar-refractivity contribution in [2.24, 2.45) is 0 Å². The van der Waals surface area contributed by atoms with E-state index in [0.717, 1.165) is 37.7 Å². The van der Waals surface area contributed by atoms with Crippen molar-refractivity contribution >= 4 is 11.6 Å². The molecule has 0 unspecified atom stereocenters. The highest BCUT2D eigenvalue weighted by Crippen LogP contribution is 2.17. The zero-order valence-electron chi connectivity index (χ0n) is 11.6. The molecule has 1 aliphatic heterocycles. The van der Waals surface area contributed by atoms with Gasteiger partial charge in [-0.05, 0) is 38.5 Å². The number of halogens is 1. The standard InChI is InChI=1S/C15H23ClN2/c1-15(2,3)18-10-8-17(9-11-18)12-13-4-6-14(16)7-5-13/h4-7H,8-12H2,1-3H3. The first kappa shape index (κ1) is 13.9. The van der Waals surface area contributed by atoms with Crippen molar-refractivity contribution in [3.05, 3.63) is 34.9 Å². The molecule has 0 saturated carbocycles. The maximum Gasteiger partial charge on any atom is 0.0406 e. The lowest BCUT2D eigenvalue weighted by molar-refractivity contribution is 0.0591. The molecule has 1 aromatic rings. The molecule has 1 saturated heterocycles. The highest BCUT2D eigenvalue weighted by molar-refractivity contribution is 6.30. The summed E-state index contributed by atoms with van der Waals surface area (Å²) in [5.74, 6) is 0. The van der Waals surface area contributed by atoms with E-state index < -0.39 is 0 Å². The van der Waals surface area contributed by atoms with E-state index in [1.54, 1.807) is 0 Å². The predicted octanol–water partition coefficient (Wildman–Crippen LogP) is 3.26. The minimum Gasteiger partial charge on any atom is -0.297 e. The molecule has 0 amide bonds. The van der Waals surface area contributed by atoms with Gasteiger partial charge in [0.25, 0.3) is 0 Å². The van der Waals surface area contributed by atoms with Crippen LogP contribution < -0.4 is 0 Å². The summed E-state index contributed by atoms with van der Waals surface area (Å²) in [7, 11) is 0. The number of rotatable bonds is 2. The number of hydrogen-bond acceptors (Lipinski definition) is 2. The molecule has 0 radical (unpaired) electrons. The summed E-state index contributed by atoms with van der Waals surface area (Å²) < 4.78 is 0. The molecule has 0 aromatic heterocycles. The van der Waals surface area contributed by atoms with Gasteiger partial charge in [-0.25, -0.2) is 0 Å². The number of nitrogens with zero attached hydrogens (tertiary/aromatic N) is 2. The molecule has 100 valence electrons. The summed E-state index contributed by atoms with van der Waals surface area (Å²) in [5, 5.41) is 0.816. The molecule has 2 nitrogen and oxygen atoms in total. The van der Waals surface area contributed by atoms with Crippen molar-refractivity contribution in [3.8, 4) is 0 Å².